The van der Waals surface area contributed by atoms with Crippen LogP contribution in [0.3, 0.4) is 0 Å². The second kappa shape index (κ2) is 14.2. The summed E-state index contributed by atoms with van der Waals surface area (Å²) >= 11 is 14.3. The largest absolute Gasteiger partial charge is 0.481 e. The van der Waals surface area contributed by atoms with Crippen LogP contribution in [0.4, 0.5) is 16.3 Å². The molecular weight excluding hydrogens is 745 g/mol. The number of aryl methyl sites for hydroxylation is 3. The highest BCUT2D eigenvalue weighted by atomic mass is 35.5. The predicted octanol–water partition coefficient (Wildman–Crippen LogP) is 4.96. The van der Waals surface area contributed by atoms with Crippen molar-refractivity contribution in [2.45, 2.75) is 44.2 Å². The summed E-state index contributed by atoms with van der Waals surface area (Å²) in [5.41, 5.74) is 4.35. The summed E-state index contributed by atoms with van der Waals surface area (Å²) in [4.78, 5) is 56.7. The molecule has 3 aliphatic rings. The Labute approximate surface area is 326 Å². The number of aliphatic hydroxyl groups excluding tert-OH is 1. The van der Waals surface area contributed by atoms with E-state index < -0.39 is 11.2 Å². The summed E-state index contributed by atoms with van der Waals surface area (Å²) in [6.45, 7) is 4.20. The van der Waals surface area contributed by atoms with Crippen LogP contribution in [0.5, 0.6) is 5.88 Å². The number of aromatic nitrogens is 5. The Morgan fingerprint density at radius 2 is 1.71 bits per heavy atom. The fourth-order valence-electron chi connectivity index (χ4n) is 8.43. The van der Waals surface area contributed by atoms with Crippen LogP contribution in [0.15, 0.2) is 52.1 Å². The average molecular weight is 787 g/mol. The molecule has 16 heteroatoms. The van der Waals surface area contributed by atoms with E-state index in [0.29, 0.717) is 57.3 Å². The maximum atomic E-state index is 13.3. The summed E-state index contributed by atoms with van der Waals surface area (Å²) < 4.78 is 8.29. The average Bonchev–Trinajstić information content (AvgIpc) is 3.79. The molecule has 5 aromatic rings. The summed E-state index contributed by atoms with van der Waals surface area (Å²) in [5, 5.41) is 16.8. The zero-order valence-electron chi connectivity index (χ0n) is 30.9. The van der Waals surface area contributed by atoms with E-state index in [0.717, 1.165) is 60.0 Å². The highest BCUT2D eigenvalue weighted by molar-refractivity contribution is 6.39. The quantitative estimate of drug-likeness (QED) is 0.196. The molecule has 0 radical (unpaired) electrons. The van der Waals surface area contributed by atoms with Crippen LogP contribution in [0, 0.1) is 6.92 Å². The van der Waals surface area contributed by atoms with E-state index in [1.165, 1.54) is 11.6 Å². The number of carbonyl (C=O) groups is 1. The van der Waals surface area contributed by atoms with Crippen LogP contribution < -0.4 is 26.6 Å². The smallest absolute Gasteiger partial charge is 0.332 e. The van der Waals surface area contributed by atoms with Crippen LogP contribution in [-0.2, 0) is 20.5 Å². The van der Waals surface area contributed by atoms with E-state index >= 15 is 0 Å². The second-order valence-electron chi connectivity index (χ2n) is 14.5. The molecule has 14 nitrogen and oxygen atoms in total. The lowest BCUT2D eigenvalue weighted by atomic mass is 9.92. The van der Waals surface area contributed by atoms with Gasteiger partial charge in [0.05, 0.1) is 40.7 Å². The number of benzene rings is 2. The zero-order valence-corrected chi connectivity index (χ0v) is 32.5. The van der Waals surface area contributed by atoms with Crippen molar-refractivity contribution in [2.75, 3.05) is 45.2 Å². The number of urea groups is 1. The van der Waals surface area contributed by atoms with Gasteiger partial charge in [0.1, 0.15) is 17.0 Å². The van der Waals surface area contributed by atoms with Crippen LogP contribution in [0.2, 0.25) is 10.0 Å². The van der Waals surface area contributed by atoms with Crippen molar-refractivity contribution in [3.63, 3.8) is 0 Å². The number of aliphatic hydroxyl groups is 1. The van der Waals surface area contributed by atoms with E-state index in [1.54, 1.807) is 32.0 Å². The Bertz CT molecular complexity index is 2510. The van der Waals surface area contributed by atoms with Gasteiger partial charge in [-0.25, -0.2) is 24.5 Å². The van der Waals surface area contributed by atoms with Crippen molar-refractivity contribution in [1.82, 2.24) is 39.2 Å². The number of hydrogen-bond donors (Lipinski definition) is 3. The SMILES string of the molecule is COc1nc(-c2cccc(-c3cccc(Nc4nc(C)nc5c4c(=O)n(C)c(=O)n5C)c3Cl)c2Cl)cc2c1[C@H](N1CC[C@]3(CCN(CCO)C(=O)N3)C1)CC2. The summed E-state index contributed by atoms with van der Waals surface area (Å²) in [7, 11) is 4.61. The van der Waals surface area contributed by atoms with Gasteiger partial charge in [0.15, 0.2) is 5.65 Å². The minimum Gasteiger partial charge on any atom is -0.481 e. The number of nitrogens with one attached hydrogen (secondary N) is 2. The molecule has 1 spiro atoms. The molecule has 3 aromatic heterocycles. The molecule has 2 amide bonds. The second-order valence-corrected chi connectivity index (χ2v) is 15.3. The highest BCUT2D eigenvalue weighted by Gasteiger charge is 2.46. The first-order chi connectivity index (χ1) is 26.4. The molecular formula is C39H41Cl2N9O5. The summed E-state index contributed by atoms with van der Waals surface area (Å²) in [5.74, 6) is 1.15. The molecule has 2 atom stereocenters. The van der Waals surface area contributed by atoms with Gasteiger partial charge in [-0.2, -0.15) is 0 Å². The Hall–Kier alpha value is -5.02. The first-order valence-electron chi connectivity index (χ1n) is 18.2. The number of rotatable bonds is 8. The standard InChI is InChI=1S/C39H41Cl2N9O5/c1-21-42-33(30-34(43-21)47(2)38(54)48(3)36(30)52)44-26-10-6-8-24(32(26)41)23-7-5-9-25(31(23)40)27-19-22-11-12-28(29(22)35(45-27)55-4)50-16-14-39(20-50)13-15-49(17-18-51)37(53)46-39/h5-10,19,28,51H,11-18,20H2,1-4H3,(H,46,53)(H,42,43,44)/t28-,39-/m1/s1. The van der Waals surface area contributed by atoms with Crippen molar-refractivity contribution in [2.24, 2.45) is 14.1 Å². The number of amides is 2. The lowest BCUT2D eigenvalue weighted by Crippen LogP contribution is -2.61. The number of β-amino-alcohol motifs (C(OH)–C–C–N with tert-alkyl or cyclic N) is 1. The number of carbonyl (C=O) groups excluding carboxylic acids is 1. The number of likely N-dealkylation sites (tertiary alicyclic amines) is 1. The van der Waals surface area contributed by atoms with E-state index in [2.05, 4.69) is 31.6 Å². The third-order valence-electron chi connectivity index (χ3n) is 11.3. The number of fused-ring (bicyclic) bond motifs is 2. The van der Waals surface area contributed by atoms with Gasteiger partial charge in [-0.3, -0.25) is 18.8 Å². The molecule has 3 N–H and O–H groups in total. The number of nitrogens with zero attached hydrogens (tertiary/aromatic N) is 7. The maximum absolute atomic E-state index is 13.3. The zero-order chi connectivity index (χ0) is 38.8. The molecule has 2 fully saturated rings. The van der Waals surface area contributed by atoms with E-state index in [4.69, 9.17) is 32.9 Å². The first-order valence-corrected chi connectivity index (χ1v) is 19.0. The van der Waals surface area contributed by atoms with E-state index in [-0.39, 0.29) is 41.1 Å². The molecule has 55 heavy (non-hydrogen) atoms. The number of ether oxygens (including phenoxy) is 1. The van der Waals surface area contributed by atoms with E-state index in [9.17, 15) is 19.5 Å². The molecule has 5 heterocycles. The minimum atomic E-state index is -0.527. The third kappa shape index (κ3) is 6.30. The molecule has 8 rings (SSSR count). The molecule has 0 unspecified atom stereocenters. The van der Waals surface area contributed by atoms with Crippen molar-refractivity contribution in [3.05, 3.63) is 90.3 Å². The predicted molar refractivity (Wildman–Crippen MR) is 212 cm³/mol. The topological polar surface area (TPSA) is 160 Å². The van der Waals surface area contributed by atoms with Gasteiger partial charge in [0.2, 0.25) is 5.88 Å². The van der Waals surface area contributed by atoms with Crippen LogP contribution in [0.1, 0.15) is 42.3 Å². The monoisotopic (exact) mass is 785 g/mol. The Balaban J connectivity index is 1.10. The fourth-order valence-corrected chi connectivity index (χ4v) is 9.03. The number of pyridine rings is 1. The molecule has 2 saturated heterocycles. The highest BCUT2D eigenvalue weighted by Crippen LogP contribution is 2.47. The molecule has 2 aromatic carbocycles. The van der Waals surface area contributed by atoms with Gasteiger partial charge >= 0.3 is 11.7 Å². The molecule has 0 saturated carbocycles. The van der Waals surface area contributed by atoms with Crippen LogP contribution in [-0.4, -0.2) is 90.5 Å². The molecule has 0 bridgehead atoms. The van der Waals surface area contributed by atoms with Gasteiger partial charge in [-0.1, -0.05) is 53.5 Å². The van der Waals surface area contributed by atoms with Gasteiger partial charge in [-0.05, 0) is 50.3 Å². The Kier molecular flexibility index (Phi) is 9.56. The normalized spacial score (nSPS) is 19.7. The summed E-state index contributed by atoms with van der Waals surface area (Å²) in [6.07, 6.45) is 3.45. The minimum absolute atomic E-state index is 0.0493. The lowest BCUT2D eigenvalue weighted by molar-refractivity contribution is 0.127. The van der Waals surface area contributed by atoms with Crippen LogP contribution in [0.25, 0.3) is 33.4 Å². The lowest BCUT2D eigenvalue weighted by Gasteiger charge is -2.40. The van der Waals surface area contributed by atoms with Gasteiger partial charge in [-0.15, -0.1) is 0 Å². The van der Waals surface area contributed by atoms with Gasteiger partial charge in [0, 0.05) is 68.6 Å². The number of anilines is 2. The number of hydrogen-bond acceptors (Lipinski definition) is 10. The molecule has 286 valence electrons. The maximum Gasteiger partial charge on any atom is 0.332 e. The number of halogens is 2. The molecule has 1 aliphatic carbocycles. The van der Waals surface area contributed by atoms with Crippen molar-refractivity contribution in [1.29, 1.82) is 0 Å². The van der Waals surface area contributed by atoms with Crippen molar-refractivity contribution in [3.8, 4) is 28.3 Å². The van der Waals surface area contributed by atoms with E-state index in [1.807, 2.05) is 30.3 Å². The van der Waals surface area contributed by atoms with Crippen molar-refractivity contribution < 1.29 is 14.6 Å². The summed E-state index contributed by atoms with van der Waals surface area (Å²) in [6, 6.07) is 13.3. The number of methoxy groups -OCH3 is 1. The van der Waals surface area contributed by atoms with Crippen LogP contribution >= 0.6 is 23.2 Å². The first kappa shape index (κ1) is 36.9. The van der Waals surface area contributed by atoms with Gasteiger partial charge < -0.3 is 25.4 Å². The Morgan fingerprint density at radius 1 is 0.982 bits per heavy atom. The Morgan fingerprint density at radius 3 is 2.45 bits per heavy atom. The van der Waals surface area contributed by atoms with Crippen molar-refractivity contribution >= 4 is 51.8 Å². The third-order valence-corrected chi connectivity index (χ3v) is 12.1. The fraction of sp³-hybridized carbons (Fsp3) is 0.385. The van der Waals surface area contributed by atoms with Gasteiger partial charge in [0.25, 0.3) is 5.56 Å². The molecule has 2 aliphatic heterocycles.